The van der Waals surface area contributed by atoms with Crippen LogP contribution >= 0.6 is 11.3 Å². The van der Waals surface area contributed by atoms with Crippen LogP contribution in [0.1, 0.15) is 21.6 Å². The monoisotopic (exact) mass is 272 g/mol. The maximum absolute atomic E-state index is 8.77. The van der Waals surface area contributed by atoms with Crippen LogP contribution in [0.25, 0.3) is 0 Å². The first-order chi connectivity index (χ1) is 9.33. The molecule has 0 bridgehead atoms. The second-order valence-electron chi connectivity index (χ2n) is 4.22. The molecule has 1 N–H and O–H groups in total. The molecule has 2 aromatic rings. The summed E-state index contributed by atoms with van der Waals surface area (Å²) in [6.07, 6.45) is 0. The smallest absolute Gasteiger partial charge is 0.100 e. The van der Waals surface area contributed by atoms with Crippen molar-refractivity contribution in [2.45, 2.75) is 19.7 Å². The Morgan fingerprint density at radius 2 is 2.05 bits per heavy atom. The Balaban J connectivity index is 1.90. The van der Waals surface area contributed by atoms with Crippen LogP contribution in [-0.4, -0.2) is 7.11 Å². The first kappa shape index (κ1) is 13.8. The van der Waals surface area contributed by atoms with Gasteiger partial charge in [0.25, 0.3) is 0 Å². The van der Waals surface area contributed by atoms with E-state index in [9.17, 15) is 0 Å². The summed E-state index contributed by atoms with van der Waals surface area (Å²) in [5.74, 6) is 0. The van der Waals surface area contributed by atoms with Crippen molar-refractivity contribution in [3.63, 3.8) is 0 Å². The Morgan fingerprint density at radius 3 is 2.74 bits per heavy atom. The minimum absolute atomic E-state index is 0.634. The lowest BCUT2D eigenvalue weighted by atomic mass is 10.1. The molecule has 4 heteroatoms. The van der Waals surface area contributed by atoms with E-state index < -0.39 is 0 Å². The molecule has 0 aliphatic carbocycles. The highest BCUT2D eigenvalue weighted by molar-refractivity contribution is 7.10. The summed E-state index contributed by atoms with van der Waals surface area (Å²) < 4.78 is 5.19. The molecule has 0 aliphatic heterocycles. The summed E-state index contributed by atoms with van der Waals surface area (Å²) in [5.41, 5.74) is 3.20. The fourth-order valence-corrected chi connectivity index (χ4v) is 2.66. The molecular formula is C15H16N2OS. The van der Waals surface area contributed by atoms with Gasteiger partial charge in [0.2, 0.25) is 0 Å². The molecule has 0 radical (unpaired) electrons. The van der Waals surface area contributed by atoms with Gasteiger partial charge in [0, 0.05) is 30.5 Å². The van der Waals surface area contributed by atoms with Crippen LogP contribution in [-0.2, 0) is 24.4 Å². The summed E-state index contributed by atoms with van der Waals surface area (Å²) in [5, 5.41) is 14.1. The van der Waals surface area contributed by atoms with E-state index >= 15 is 0 Å². The molecule has 2 rings (SSSR count). The average Bonchev–Trinajstić information content (AvgIpc) is 2.89. The van der Waals surface area contributed by atoms with Crippen molar-refractivity contribution in [3.8, 4) is 6.07 Å². The molecule has 0 aliphatic rings. The lowest BCUT2D eigenvalue weighted by Gasteiger charge is -2.09. The highest BCUT2D eigenvalue weighted by Crippen LogP contribution is 2.14. The molecule has 0 saturated heterocycles. The van der Waals surface area contributed by atoms with Crippen LogP contribution in [0.2, 0.25) is 0 Å². The summed E-state index contributed by atoms with van der Waals surface area (Å²) in [4.78, 5) is 1.18. The molecule has 1 aromatic carbocycles. The normalized spacial score (nSPS) is 10.3. The first-order valence-corrected chi connectivity index (χ1v) is 6.95. The second kappa shape index (κ2) is 7.05. The van der Waals surface area contributed by atoms with Crippen molar-refractivity contribution in [2.75, 3.05) is 7.11 Å². The molecule has 19 heavy (non-hydrogen) atoms. The minimum atomic E-state index is 0.634. The van der Waals surface area contributed by atoms with Crippen LogP contribution in [0.3, 0.4) is 0 Å². The lowest BCUT2D eigenvalue weighted by Crippen LogP contribution is -2.13. The molecule has 0 spiro atoms. The minimum Gasteiger partial charge on any atom is -0.380 e. The highest BCUT2D eigenvalue weighted by atomic mass is 32.1. The fourth-order valence-electron chi connectivity index (χ4n) is 1.88. The Hall–Kier alpha value is -1.67. The number of rotatable bonds is 6. The maximum Gasteiger partial charge on any atom is 0.100 e. The SMILES string of the molecule is COCc1ccccc1CNCc1cc(C#N)cs1. The summed E-state index contributed by atoms with van der Waals surface area (Å²) >= 11 is 1.61. The number of hydrogen-bond acceptors (Lipinski definition) is 4. The van der Waals surface area contributed by atoms with E-state index in [0.29, 0.717) is 6.61 Å². The van der Waals surface area contributed by atoms with Gasteiger partial charge in [-0.25, -0.2) is 0 Å². The van der Waals surface area contributed by atoms with Crippen molar-refractivity contribution in [1.29, 1.82) is 5.26 Å². The molecule has 0 amide bonds. The molecule has 3 nitrogen and oxygen atoms in total. The third kappa shape index (κ3) is 3.90. The topological polar surface area (TPSA) is 45.0 Å². The molecule has 1 aromatic heterocycles. The number of ether oxygens (including phenoxy) is 1. The maximum atomic E-state index is 8.77. The van der Waals surface area contributed by atoms with Crippen LogP contribution in [0, 0.1) is 11.3 Å². The Morgan fingerprint density at radius 1 is 1.26 bits per heavy atom. The zero-order valence-electron chi connectivity index (χ0n) is 10.8. The van der Waals surface area contributed by atoms with Crippen molar-refractivity contribution < 1.29 is 4.74 Å². The van der Waals surface area contributed by atoms with E-state index in [-0.39, 0.29) is 0 Å². The number of thiophene rings is 1. The van der Waals surface area contributed by atoms with E-state index in [1.54, 1.807) is 18.4 Å². The summed E-state index contributed by atoms with van der Waals surface area (Å²) in [6, 6.07) is 12.3. The van der Waals surface area contributed by atoms with Gasteiger partial charge in [0.1, 0.15) is 6.07 Å². The molecule has 0 atom stereocenters. The number of methoxy groups -OCH3 is 1. The van der Waals surface area contributed by atoms with Gasteiger partial charge in [-0.2, -0.15) is 5.26 Å². The second-order valence-corrected chi connectivity index (χ2v) is 5.21. The molecule has 1 heterocycles. The standard InChI is InChI=1S/C15H16N2OS/c1-18-10-14-5-3-2-4-13(14)8-17-9-15-6-12(7-16)11-19-15/h2-6,11,17H,8-10H2,1H3. The number of hydrogen-bond donors (Lipinski definition) is 1. The van der Waals surface area contributed by atoms with Crippen LogP contribution in [0.4, 0.5) is 0 Å². The van der Waals surface area contributed by atoms with Gasteiger partial charge in [0.05, 0.1) is 12.2 Å². The predicted molar refractivity (Wildman–Crippen MR) is 76.7 cm³/mol. The number of benzene rings is 1. The zero-order chi connectivity index (χ0) is 13.5. The van der Waals surface area contributed by atoms with Crippen molar-refractivity contribution >= 4 is 11.3 Å². The van der Waals surface area contributed by atoms with E-state index in [2.05, 4.69) is 23.5 Å². The molecule has 0 unspecified atom stereocenters. The van der Waals surface area contributed by atoms with E-state index in [1.165, 1.54) is 16.0 Å². The van der Waals surface area contributed by atoms with Gasteiger partial charge in [-0.1, -0.05) is 24.3 Å². The van der Waals surface area contributed by atoms with E-state index in [1.807, 2.05) is 23.6 Å². The third-order valence-corrected chi connectivity index (χ3v) is 3.75. The number of nitriles is 1. The average molecular weight is 272 g/mol. The molecule has 0 saturated carbocycles. The van der Waals surface area contributed by atoms with E-state index in [4.69, 9.17) is 10.00 Å². The van der Waals surface area contributed by atoms with Gasteiger partial charge >= 0.3 is 0 Å². The molecule has 98 valence electrons. The number of nitrogens with one attached hydrogen (secondary N) is 1. The predicted octanol–water partition coefficient (Wildman–Crippen LogP) is 3.06. The van der Waals surface area contributed by atoms with Gasteiger partial charge in [-0.3, -0.25) is 0 Å². The first-order valence-electron chi connectivity index (χ1n) is 6.07. The van der Waals surface area contributed by atoms with Crippen molar-refractivity contribution in [2.24, 2.45) is 0 Å². The highest BCUT2D eigenvalue weighted by Gasteiger charge is 2.02. The Kier molecular flexibility index (Phi) is 5.10. The largest absolute Gasteiger partial charge is 0.380 e. The summed E-state index contributed by atoms with van der Waals surface area (Å²) in [7, 11) is 1.71. The molecule has 0 fully saturated rings. The summed E-state index contributed by atoms with van der Waals surface area (Å²) in [6.45, 7) is 2.22. The van der Waals surface area contributed by atoms with E-state index in [0.717, 1.165) is 18.7 Å². The van der Waals surface area contributed by atoms with Crippen molar-refractivity contribution in [1.82, 2.24) is 5.32 Å². The fraction of sp³-hybridized carbons (Fsp3) is 0.267. The van der Waals surface area contributed by atoms with Crippen molar-refractivity contribution in [3.05, 3.63) is 57.3 Å². The zero-order valence-corrected chi connectivity index (χ0v) is 11.7. The molecular weight excluding hydrogens is 256 g/mol. The van der Waals surface area contributed by atoms with Gasteiger partial charge < -0.3 is 10.1 Å². The quantitative estimate of drug-likeness (QED) is 0.879. The van der Waals surface area contributed by atoms with Crippen LogP contribution < -0.4 is 5.32 Å². The number of nitrogens with zero attached hydrogens (tertiary/aromatic N) is 1. The van der Waals surface area contributed by atoms with Gasteiger partial charge in [0.15, 0.2) is 0 Å². The van der Waals surface area contributed by atoms with Gasteiger partial charge in [-0.05, 0) is 17.2 Å². The third-order valence-electron chi connectivity index (χ3n) is 2.82. The Labute approximate surface area is 117 Å². The van der Waals surface area contributed by atoms with Crippen LogP contribution in [0.15, 0.2) is 35.7 Å². The van der Waals surface area contributed by atoms with Crippen LogP contribution in [0.5, 0.6) is 0 Å². The van der Waals surface area contributed by atoms with Gasteiger partial charge in [-0.15, -0.1) is 11.3 Å². The Bertz CT molecular complexity index is 572. The lowest BCUT2D eigenvalue weighted by molar-refractivity contribution is 0.184.